The molecule has 0 bridgehead atoms. The van der Waals surface area contributed by atoms with Crippen molar-refractivity contribution in [2.24, 2.45) is 5.41 Å². The number of carbonyl (C=O) groups is 3. The summed E-state index contributed by atoms with van der Waals surface area (Å²) in [6.07, 6.45) is 6.31. The Morgan fingerprint density at radius 2 is 1.55 bits per heavy atom. The van der Waals surface area contributed by atoms with Crippen molar-refractivity contribution >= 4 is 69.8 Å². The van der Waals surface area contributed by atoms with Crippen LogP contribution >= 0.6 is 35.2 Å². The molecule has 7 unspecified atom stereocenters. The fourth-order valence-electron chi connectivity index (χ4n) is 6.42. The fourth-order valence-corrected chi connectivity index (χ4v) is 9.92. The Labute approximate surface area is 376 Å². The highest BCUT2D eigenvalue weighted by Gasteiger charge is 2.47. The van der Waals surface area contributed by atoms with Gasteiger partial charge >= 0.3 is 0 Å². The van der Waals surface area contributed by atoms with E-state index in [9.17, 15) is 57.9 Å². The minimum absolute atomic E-state index is 0.0176. The number of ketones is 1. The predicted octanol–water partition coefficient (Wildman–Crippen LogP) is 0.880. The molecule has 28 heteroatoms. The molecule has 0 saturated carbocycles. The number of hydrogen-bond donors (Lipinski definition) is 5. The lowest BCUT2D eigenvalue weighted by atomic mass is 9.87. The molecule has 2 aromatic rings. The molecule has 24 nitrogen and oxygen atoms in total. The zero-order chi connectivity index (χ0) is 47.6. The number of ether oxygens (including phenoxy) is 1. The summed E-state index contributed by atoms with van der Waals surface area (Å²) in [5.74, 6) is -0.432. The average molecular weight is 988 g/mol. The van der Waals surface area contributed by atoms with Gasteiger partial charge in [0.15, 0.2) is 17.7 Å². The van der Waals surface area contributed by atoms with Crippen LogP contribution in [0.3, 0.4) is 0 Å². The number of nitrogens with zero attached hydrogens (tertiary/aromatic N) is 4. The van der Waals surface area contributed by atoms with Crippen LogP contribution in [0.1, 0.15) is 110 Å². The molecule has 2 aromatic heterocycles. The minimum atomic E-state index is -5.91. The zero-order valence-corrected chi connectivity index (χ0v) is 39.6. The lowest BCUT2D eigenvalue weighted by Gasteiger charge is -2.36. The van der Waals surface area contributed by atoms with Crippen LogP contribution in [0, 0.1) is 5.41 Å². The maximum absolute atomic E-state index is 12.6. The number of amides is 2. The van der Waals surface area contributed by atoms with E-state index in [4.69, 9.17) is 10.5 Å². The topological polar surface area (TPSA) is 375 Å². The summed E-state index contributed by atoms with van der Waals surface area (Å²) in [6, 6.07) is 0. The third-order valence-corrected chi connectivity index (χ3v) is 14.0. The molecule has 7 atom stereocenters. The number of aliphatic hydroxyl groups excluding tert-OH is 2. The molecule has 6 N–H and O–H groups in total. The second-order valence-corrected chi connectivity index (χ2v) is 21.0. The van der Waals surface area contributed by atoms with Gasteiger partial charge in [0.25, 0.3) is 15.6 Å². The molecular formula is C36H60N7O17P3S-4. The first kappa shape index (κ1) is 55.9. The number of thioether (sulfide) groups is 1. The van der Waals surface area contributed by atoms with Crippen molar-refractivity contribution in [2.45, 2.75) is 135 Å². The molecule has 366 valence electrons. The van der Waals surface area contributed by atoms with Gasteiger partial charge in [-0.05, 0) is 6.42 Å². The first-order valence-corrected chi connectivity index (χ1v) is 26.5. The number of hydrogen-bond acceptors (Lipinski definition) is 22. The summed E-state index contributed by atoms with van der Waals surface area (Å²) in [4.78, 5) is 96.7. The molecule has 1 aliphatic rings. The van der Waals surface area contributed by atoms with Crippen molar-refractivity contribution in [3.05, 3.63) is 12.7 Å². The summed E-state index contributed by atoms with van der Waals surface area (Å²) in [5, 5.41) is 26.4. The van der Waals surface area contributed by atoms with Crippen LogP contribution in [0.4, 0.5) is 5.82 Å². The number of Topliss-reactive ketones (excluding diaryl/α,β-unsaturated/α-hetero) is 1. The number of unbranched alkanes of at least 4 members (excludes halogenated alkanes) is 10. The van der Waals surface area contributed by atoms with Gasteiger partial charge in [-0.15, -0.1) is 0 Å². The van der Waals surface area contributed by atoms with Crippen LogP contribution in [0.5, 0.6) is 0 Å². The van der Waals surface area contributed by atoms with Gasteiger partial charge in [0.1, 0.15) is 42.0 Å². The van der Waals surface area contributed by atoms with E-state index in [1.54, 1.807) is 0 Å². The Morgan fingerprint density at radius 3 is 2.19 bits per heavy atom. The molecular weight excluding hydrogens is 927 g/mol. The molecule has 0 spiro atoms. The number of aromatic nitrogens is 4. The van der Waals surface area contributed by atoms with Crippen LogP contribution in [-0.4, -0.2) is 110 Å². The number of nitrogens with two attached hydrogens (primary N) is 1. The Hall–Kier alpha value is -2.44. The highest BCUT2D eigenvalue weighted by atomic mass is 32.2. The number of phosphoric ester groups is 3. The number of phosphoric acid groups is 3. The number of rotatable bonds is 33. The second kappa shape index (κ2) is 26.8. The van der Waals surface area contributed by atoms with Crippen LogP contribution in [0.25, 0.3) is 11.2 Å². The molecule has 64 heavy (non-hydrogen) atoms. The van der Waals surface area contributed by atoms with E-state index in [-0.39, 0.29) is 35.7 Å². The van der Waals surface area contributed by atoms with E-state index in [1.807, 2.05) is 0 Å². The van der Waals surface area contributed by atoms with Crippen molar-refractivity contribution in [3.63, 3.8) is 0 Å². The van der Waals surface area contributed by atoms with Crippen LogP contribution < -0.4 is 35.9 Å². The van der Waals surface area contributed by atoms with Crippen molar-refractivity contribution in [2.75, 3.05) is 43.5 Å². The van der Waals surface area contributed by atoms with Gasteiger partial charge in [0.2, 0.25) is 11.8 Å². The number of aliphatic hydroxyl groups is 2. The maximum Gasteiger partial charge on any atom is 0.274 e. The Balaban J connectivity index is 1.34. The summed E-state index contributed by atoms with van der Waals surface area (Å²) in [5.41, 5.74) is 4.10. The Kier molecular flexibility index (Phi) is 23.4. The third kappa shape index (κ3) is 19.8. The van der Waals surface area contributed by atoms with E-state index in [0.29, 0.717) is 24.5 Å². The highest BCUT2D eigenvalue weighted by molar-refractivity contribution is 7.99. The largest absolute Gasteiger partial charge is 0.790 e. The van der Waals surface area contributed by atoms with Crippen molar-refractivity contribution < 1.29 is 80.5 Å². The number of anilines is 1. The van der Waals surface area contributed by atoms with E-state index in [2.05, 4.69) is 50.4 Å². The smallest absolute Gasteiger partial charge is 0.274 e. The Morgan fingerprint density at radius 1 is 0.922 bits per heavy atom. The van der Waals surface area contributed by atoms with Gasteiger partial charge < -0.3 is 69.0 Å². The quantitative estimate of drug-likeness (QED) is 0.0489. The van der Waals surface area contributed by atoms with Gasteiger partial charge in [-0.25, -0.2) is 19.3 Å². The normalized spacial score (nSPS) is 20.5. The van der Waals surface area contributed by atoms with E-state index in [1.165, 1.54) is 77.0 Å². The summed E-state index contributed by atoms with van der Waals surface area (Å²) in [6.45, 7) is 2.49. The van der Waals surface area contributed by atoms with Crippen LogP contribution in [0.15, 0.2) is 12.7 Å². The molecule has 3 heterocycles. The number of fused-ring (bicyclic) bond motifs is 1. The van der Waals surface area contributed by atoms with Gasteiger partial charge in [0, 0.05) is 37.1 Å². The molecule has 0 aliphatic carbocycles. The van der Waals surface area contributed by atoms with E-state index in [0.717, 1.165) is 36.5 Å². The molecule has 1 fully saturated rings. The monoisotopic (exact) mass is 987 g/mol. The minimum Gasteiger partial charge on any atom is -0.790 e. The number of nitrogen functional groups attached to an aromatic ring is 1. The highest BCUT2D eigenvalue weighted by Crippen LogP contribution is 2.56. The predicted molar refractivity (Wildman–Crippen MR) is 224 cm³/mol. The lowest BCUT2D eigenvalue weighted by Crippen LogP contribution is -2.46. The van der Waals surface area contributed by atoms with E-state index < -0.39 is 84.6 Å². The number of imidazole rings is 1. The summed E-state index contributed by atoms with van der Waals surface area (Å²) in [7, 11) is -17.6. The van der Waals surface area contributed by atoms with Crippen LogP contribution in [0.2, 0.25) is 0 Å². The van der Waals surface area contributed by atoms with Gasteiger partial charge in [-0.2, -0.15) is 11.8 Å². The first-order chi connectivity index (χ1) is 30.1. The molecule has 1 saturated heterocycles. The molecule has 2 amide bonds. The summed E-state index contributed by atoms with van der Waals surface area (Å²) >= 11 is 1.42. The fraction of sp³-hybridized carbons (Fsp3) is 0.778. The summed E-state index contributed by atoms with van der Waals surface area (Å²) < 4.78 is 60.8. The van der Waals surface area contributed by atoms with Crippen molar-refractivity contribution in [1.82, 2.24) is 30.2 Å². The number of nitrogens with one attached hydrogen (secondary N) is 2. The first-order valence-electron chi connectivity index (χ1n) is 21.0. The molecule has 3 rings (SSSR count). The van der Waals surface area contributed by atoms with Crippen molar-refractivity contribution in [1.29, 1.82) is 0 Å². The second-order valence-electron chi connectivity index (χ2n) is 15.9. The number of carbonyl (C=O) groups excluding carboxylic acids is 3. The lowest BCUT2D eigenvalue weighted by molar-refractivity contribution is -0.347. The standard InChI is InChI=1S/C36H64N7O17P3S/c1-4-5-6-7-8-9-10-11-12-13-14-15-25(44)21-64-19-18-38-27(45)16-17-39-34(48)31(47)36(2,3)22-57-63(54,55)60-62(52,53)56-20-26-30(59-61(49,50)51)29(46)35(58-26)43-24-42-28-32(37)40-23-41-33(28)43/h23-24,26,29-31,35,46-47H,4-22H2,1-3H3,(H,38,45)(H,39,48)(H,52,53)(H,54,55)(H2,37,40,41)(H2,49,50,51)/p-4. The maximum atomic E-state index is 12.6. The SMILES string of the molecule is CCCCCCCCCCCCCC(=O)CSCCNC(=O)CCNC(=O)C(O)C(C)(C)COP(=O)([O-])OP(=O)([O-])OCC1OC(n2cnc3c(N)ncnc32)C(O)C1OP(=O)([O-])[O-]. The van der Waals surface area contributed by atoms with Crippen molar-refractivity contribution in [3.8, 4) is 0 Å². The van der Waals surface area contributed by atoms with Gasteiger partial charge in [-0.1, -0.05) is 85.0 Å². The van der Waals surface area contributed by atoms with Crippen LogP contribution in [-0.2, 0) is 50.7 Å². The molecule has 0 radical (unpaired) electrons. The zero-order valence-electron chi connectivity index (χ0n) is 36.1. The van der Waals surface area contributed by atoms with E-state index >= 15 is 0 Å². The molecule has 0 aromatic carbocycles. The Bertz CT molecular complexity index is 1940. The third-order valence-electron chi connectivity index (χ3n) is 9.94. The van der Waals surface area contributed by atoms with Gasteiger partial charge in [-0.3, -0.25) is 28.1 Å². The van der Waals surface area contributed by atoms with Gasteiger partial charge in [0.05, 0.1) is 33.1 Å². The molecule has 1 aliphatic heterocycles. The average Bonchev–Trinajstić information content (AvgIpc) is 3.77.